The first kappa shape index (κ1) is 20.1. The number of esters is 1. The summed E-state index contributed by atoms with van der Waals surface area (Å²) >= 11 is 0. The molecule has 0 aromatic heterocycles. The molecule has 0 aromatic rings. The van der Waals surface area contributed by atoms with Crippen LogP contribution in [0, 0.1) is 5.92 Å². The molecule has 0 aliphatic heterocycles. The van der Waals surface area contributed by atoms with E-state index in [4.69, 9.17) is 13.5 Å². The molecule has 0 fully saturated rings. The fourth-order valence-corrected chi connectivity index (χ4v) is 2.77. The van der Waals surface area contributed by atoms with Crippen LogP contribution < -0.4 is 0 Å². The van der Waals surface area contributed by atoms with E-state index >= 15 is 0 Å². The van der Waals surface area contributed by atoms with Crippen molar-refractivity contribution in [3.63, 3.8) is 0 Å². The van der Waals surface area contributed by atoms with E-state index in [0.29, 0.717) is 12.8 Å². The molecule has 0 saturated carbocycles. The molecular formula is C14H26O6S. The van der Waals surface area contributed by atoms with E-state index in [1.165, 1.54) is 0 Å². The van der Waals surface area contributed by atoms with Gasteiger partial charge in [0.25, 0.3) is 0 Å². The van der Waals surface area contributed by atoms with Crippen LogP contribution in [0.5, 0.6) is 0 Å². The summed E-state index contributed by atoms with van der Waals surface area (Å²) in [6.45, 7) is 12.1. The predicted molar refractivity (Wildman–Crippen MR) is 80.1 cm³/mol. The highest BCUT2D eigenvalue weighted by Crippen LogP contribution is 2.33. The van der Waals surface area contributed by atoms with Gasteiger partial charge in [-0.25, -0.2) is 8.98 Å². The van der Waals surface area contributed by atoms with Crippen LogP contribution in [0.25, 0.3) is 0 Å². The second-order valence-corrected chi connectivity index (χ2v) is 6.50. The van der Waals surface area contributed by atoms with Crippen molar-refractivity contribution in [2.75, 3.05) is 0 Å². The van der Waals surface area contributed by atoms with Crippen molar-refractivity contribution in [3.8, 4) is 0 Å². The fourth-order valence-electron chi connectivity index (χ4n) is 2.02. The summed E-state index contributed by atoms with van der Waals surface area (Å²) in [6, 6.07) is 0. The molecule has 0 amide bonds. The highest BCUT2D eigenvalue weighted by Gasteiger charge is 2.40. The molecule has 0 heterocycles. The van der Waals surface area contributed by atoms with E-state index in [2.05, 4.69) is 6.58 Å². The normalized spacial score (nSPS) is 17.6. The quantitative estimate of drug-likeness (QED) is 0.399. The van der Waals surface area contributed by atoms with Crippen LogP contribution in [0.15, 0.2) is 12.2 Å². The second-order valence-electron chi connectivity index (χ2n) is 5.48. The van der Waals surface area contributed by atoms with Crippen LogP contribution in [0.1, 0.15) is 53.9 Å². The molecule has 21 heavy (non-hydrogen) atoms. The molecule has 0 bridgehead atoms. The standard InChI is InChI=1S/C14H26O6S/c1-7-9-12(19-13(15)10(3)4)11(5)14(6,8-2)20-21(16,17)18/h11-12H,3,7-9H2,1-2,4-6H3,(H,16,17,18). The van der Waals surface area contributed by atoms with Gasteiger partial charge in [0.2, 0.25) is 0 Å². The second kappa shape index (κ2) is 7.91. The Morgan fingerprint density at radius 2 is 1.90 bits per heavy atom. The van der Waals surface area contributed by atoms with Gasteiger partial charge in [0.05, 0.1) is 5.60 Å². The maximum Gasteiger partial charge on any atom is 0.397 e. The third-order valence-electron chi connectivity index (χ3n) is 3.70. The minimum absolute atomic E-state index is 0.275. The number of ether oxygens (including phenoxy) is 1. The first-order chi connectivity index (χ1) is 9.46. The largest absolute Gasteiger partial charge is 0.459 e. The molecule has 6 nitrogen and oxygen atoms in total. The molecule has 0 aromatic carbocycles. The van der Waals surface area contributed by atoms with Crippen molar-refractivity contribution >= 4 is 16.4 Å². The molecular weight excluding hydrogens is 296 g/mol. The highest BCUT2D eigenvalue weighted by molar-refractivity contribution is 7.80. The van der Waals surface area contributed by atoms with Gasteiger partial charge in [-0.1, -0.05) is 33.8 Å². The molecule has 0 radical (unpaired) electrons. The number of rotatable bonds is 9. The number of hydrogen-bond acceptors (Lipinski definition) is 5. The Morgan fingerprint density at radius 3 is 2.24 bits per heavy atom. The molecule has 0 spiro atoms. The van der Waals surface area contributed by atoms with Gasteiger partial charge in [-0.05, 0) is 26.7 Å². The van der Waals surface area contributed by atoms with Crippen molar-refractivity contribution in [2.24, 2.45) is 5.92 Å². The molecule has 7 heteroatoms. The smallest absolute Gasteiger partial charge is 0.397 e. The molecule has 0 rings (SSSR count). The Kier molecular flexibility index (Phi) is 7.56. The van der Waals surface area contributed by atoms with E-state index in [9.17, 15) is 13.2 Å². The molecule has 3 unspecified atom stereocenters. The number of hydrogen-bond donors (Lipinski definition) is 1. The van der Waals surface area contributed by atoms with Gasteiger partial charge in [0.1, 0.15) is 6.10 Å². The van der Waals surface area contributed by atoms with Crippen LogP contribution >= 0.6 is 0 Å². The zero-order valence-electron chi connectivity index (χ0n) is 13.4. The molecule has 0 aliphatic carbocycles. The van der Waals surface area contributed by atoms with Crippen molar-refractivity contribution < 1.29 is 26.7 Å². The topological polar surface area (TPSA) is 89.9 Å². The lowest BCUT2D eigenvalue weighted by Crippen LogP contribution is -2.45. The Morgan fingerprint density at radius 1 is 1.38 bits per heavy atom. The number of carbonyl (C=O) groups is 1. The van der Waals surface area contributed by atoms with Crippen LogP contribution in [-0.2, 0) is 24.1 Å². The Bertz CT molecular complexity index is 470. The average Bonchev–Trinajstić information content (AvgIpc) is 2.34. The first-order valence-electron chi connectivity index (χ1n) is 7.01. The summed E-state index contributed by atoms with van der Waals surface area (Å²) in [5.41, 5.74) is -0.889. The zero-order chi connectivity index (χ0) is 16.8. The Labute approximate surface area is 127 Å². The van der Waals surface area contributed by atoms with Gasteiger partial charge in [-0.15, -0.1) is 0 Å². The third kappa shape index (κ3) is 6.58. The highest BCUT2D eigenvalue weighted by atomic mass is 32.3. The van der Waals surface area contributed by atoms with Crippen LogP contribution in [0.4, 0.5) is 0 Å². The molecule has 1 N–H and O–H groups in total. The van der Waals surface area contributed by atoms with Crippen LogP contribution in [0.3, 0.4) is 0 Å². The molecule has 3 atom stereocenters. The monoisotopic (exact) mass is 322 g/mol. The lowest BCUT2D eigenvalue weighted by Gasteiger charge is -2.37. The summed E-state index contributed by atoms with van der Waals surface area (Å²) in [5, 5.41) is 0. The molecule has 0 saturated heterocycles. The van der Waals surface area contributed by atoms with E-state index < -0.39 is 34.0 Å². The number of carbonyl (C=O) groups excluding carboxylic acids is 1. The minimum Gasteiger partial charge on any atom is -0.459 e. The van der Waals surface area contributed by atoms with Gasteiger partial charge < -0.3 is 4.74 Å². The maximum absolute atomic E-state index is 11.7. The van der Waals surface area contributed by atoms with E-state index in [1.807, 2.05) is 6.92 Å². The summed E-state index contributed by atoms with van der Waals surface area (Å²) in [5.74, 6) is -0.946. The van der Waals surface area contributed by atoms with Gasteiger partial charge in [-0.3, -0.25) is 4.55 Å². The van der Waals surface area contributed by atoms with E-state index in [1.54, 1.807) is 27.7 Å². The first-order valence-corrected chi connectivity index (χ1v) is 8.37. The summed E-state index contributed by atoms with van der Waals surface area (Å²) in [4.78, 5) is 11.7. The van der Waals surface area contributed by atoms with Gasteiger partial charge in [0, 0.05) is 11.5 Å². The van der Waals surface area contributed by atoms with Crippen molar-refractivity contribution in [1.29, 1.82) is 0 Å². The SMILES string of the molecule is C=C(C)C(=O)OC(CCC)C(C)C(C)(CC)OS(=O)(=O)O. The Balaban J connectivity index is 5.27. The summed E-state index contributed by atoms with van der Waals surface area (Å²) in [7, 11) is -4.59. The molecule has 0 aliphatic rings. The summed E-state index contributed by atoms with van der Waals surface area (Å²) < 4.78 is 41.2. The Hall–Kier alpha value is -0.920. The van der Waals surface area contributed by atoms with E-state index in [-0.39, 0.29) is 5.57 Å². The summed E-state index contributed by atoms with van der Waals surface area (Å²) in [6.07, 6.45) is 1.12. The zero-order valence-corrected chi connectivity index (χ0v) is 14.2. The van der Waals surface area contributed by atoms with Gasteiger partial charge in [0.15, 0.2) is 0 Å². The average molecular weight is 322 g/mol. The third-order valence-corrected chi connectivity index (χ3v) is 4.29. The van der Waals surface area contributed by atoms with Crippen molar-refractivity contribution in [2.45, 2.75) is 65.6 Å². The lowest BCUT2D eigenvalue weighted by atomic mass is 9.82. The maximum atomic E-state index is 11.7. The van der Waals surface area contributed by atoms with Crippen LogP contribution in [0.2, 0.25) is 0 Å². The van der Waals surface area contributed by atoms with Crippen molar-refractivity contribution in [1.82, 2.24) is 0 Å². The molecule has 124 valence electrons. The van der Waals surface area contributed by atoms with E-state index in [0.717, 1.165) is 6.42 Å². The predicted octanol–water partition coefficient (Wildman–Crippen LogP) is 2.90. The van der Waals surface area contributed by atoms with Gasteiger partial charge >= 0.3 is 16.4 Å². The minimum atomic E-state index is -4.59. The fraction of sp³-hybridized carbons (Fsp3) is 0.786. The lowest BCUT2D eigenvalue weighted by molar-refractivity contribution is -0.152. The van der Waals surface area contributed by atoms with Crippen LogP contribution in [-0.4, -0.2) is 30.6 Å². The van der Waals surface area contributed by atoms with Gasteiger partial charge in [-0.2, -0.15) is 8.42 Å². The van der Waals surface area contributed by atoms with Crippen molar-refractivity contribution in [3.05, 3.63) is 12.2 Å².